The number of sulfonamides is 1. The summed E-state index contributed by atoms with van der Waals surface area (Å²) in [6, 6.07) is 0.00456. The summed E-state index contributed by atoms with van der Waals surface area (Å²) in [7, 11) is -3.44. The first-order chi connectivity index (χ1) is 8.46. The van der Waals surface area contributed by atoms with E-state index in [2.05, 4.69) is 11.6 Å². The van der Waals surface area contributed by atoms with Crippen molar-refractivity contribution in [3.8, 4) is 0 Å². The van der Waals surface area contributed by atoms with Crippen molar-refractivity contribution in [3.05, 3.63) is 15.8 Å². The van der Waals surface area contributed by atoms with Gasteiger partial charge in [-0.1, -0.05) is 20.3 Å². The van der Waals surface area contributed by atoms with E-state index in [4.69, 9.17) is 5.73 Å². The molecule has 0 aliphatic rings. The van der Waals surface area contributed by atoms with E-state index in [0.717, 1.165) is 29.7 Å². The molecule has 6 heteroatoms. The molecule has 0 spiro atoms. The van der Waals surface area contributed by atoms with Gasteiger partial charge in [-0.15, -0.1) is 11.3 Å². The molecular weight excluding hydrogens is 268 g/mol. The highest BCUT2D eigenvalue weighted by Gasteiger charge is 2.24. The average molecular weight is 290 g/mol. The zero-order chi connectivity index (χ0) is 13.8. The molecule has 3 N–H and O–H groups in total. The second kappa shape index (κ2) is 6.65. The maximum Gasteiger partial charge on any atom is 0.242 e. The van der Waals surface area contributed by atoms with Crippen LogP contribution in [0.15, 0.2) is 10.3 Å². The molecule has 0 aliphatic carbocycles. The third-order valence-electron chi connectivity index (χ3n) is 2.90. The van der Waals surface area contributed by atoms with Gasteiger partial charge >= 0.3 is 0 Å². The minimum Gasteiger partial charge on any atom is -0.326 e. The lowest BCUT2D eigenvalue weighted by Crippen LogP contribution is -2.34. The standard InChI is InChI=1S/C12H22N2O2S2/c1-4-6-10(5-2)14-18(15,16)12-9(3)8-17-11(12)7-13/h8,10,14H,4-7,13H2,1-3H3. The monoisotopic (exact) mass is 290 g/mol. The molecule has 104 valence electrons. The van der Waals surface area contributed by atoms with Gasteiger partial charge < -0.3 is 5.73 Å². The molecule has 1 heterocycles. The molecule has 4 nitrogen and oxygen atoms in total. The summed E-state index contributed by atoms with van der Waals surface area (Å²) < 4.78 is 27.5. The topological polar surface area (TPSA) is 72.2 Å². The molecule has 0 bridgehead atoms. The fourth-order valence-electron chi connectivity index (χ4n) is 1.96. The highest BCUT2D eigenvalue weighted by molar-refractivity contribution is 7.89. The maximum absolute atomic E-state index is 12.4. The van der Waals surface area contributed by atoms with Crippen LogP contribution in [0.2, 0.25) is 0 Å². The summed E-state index contributed by atoms with van der Waals surface area (Å²) in [5.74, 6) is 0. The molecule has 1 atom stereocenters. The number of aryl methyl sites for hydroxylation is 1. The lowest BCUT2D eigenvalue weighted by molar-refractivity contribution is 0.512. The molecule has 0 fully saturated rings. The maximum atomic E-state index is 12.4. The van der Waals surface area contributed by atoms with Crippen molar-refractivity contribution in [1.29, 1.82) is 0 Å². The van der Waals surface area contributed by atoms with Crippen molar-refractivity contribution in [2.24, 2.45) is 5.73 Å². The molecule has 0 aromatic carbocycles. The van der Waals surface area contributed by atoms with E-state index < -0.39 is 10.0 Å². The Morgan fingerprint density at radius 1 is 1.44 bits per heavy atom. The van der Waals surface area contributed by atoms with Crippen molar-refractivity contribution in [2.45, 2.75) is 57.5 Å². The van der Waals surface area contributed by atoms with Crippen LogP contribution < -0.4 is 10.5 Å². The van der Waals surface area contributed by atoms with E-state index in [1.165, 1.54) is 11.3 Å². The van der Waals surface area contributed by atoms with Gasteiger partial charge in [0.25, 0.3) is 0 Å². The molecule has 1 rings (SSSR count). The average Bonchev–Trinajstić information content (AvgIpc) is 2.70. The molecule has 0 aliphatic heterocycles. The van der Waals surface area contributed by atoms with Crippen LogP contribution in [-0.2, 0) is 16.6 Å². The minimum atomic E-state index is -3.44. The number of hydrogen-bond acceptors (Lipinski definition) is 4. The van der Waals surface area contributed by atoms with Crippen LogP contribution in [0, 0.1) is 6.92 Å². The number of rotatable bonds is 7. The van der Waals surface area contributed by atoms with Gasteiger partial charge in [-0.25, -0.2) is 13.1 Å². The van der Waals surface area contributed by atoms with E-state index in [0.29, 0.717) is 4.90 Å². The first kappa shape index (κ1) is 15.6. The summed E-state index contributed by atoms with van der Waals surface area (Å²) in [4.78, 5) is 1.11. The number of thiophene rings is 1. The lowest BCUT2D eigenvalue weighted by Gasteiger charge is -2.17. The van der Waals surface area contributed by atoms with Crippen molar-refractivity contribution in [3.63, 3.8) is 0 Å². The van der Waals surface area contributed by atoms with Crippen molar-refractivity contribution in [1.82, 2.24) is 4.72 Å². The van der Waals surface area contributed by atoms with Gasteiger partial charge in [0.2, 0.25) is 10.0 Å². The first-order valence-corrected chi connectivity index (χ1v) is 8.61. The lowest BCUT2D eigenvalue weighted by atomic mass is 10.1. The summed E-state index contributed by atoms with van der Waals surface area (Å²) in [6.07, 6.45) is 2.62. The van der Waals surface area contributed by atoms with Gasteiger partial charge in [0.05, 0.1) is 0 Å². The zero-order valence-corrected chi connectivity index (χ0v) is 12.8. The zero-order valence-electron chi connectivity index (χ0n) is 11.2. The molecule has 0 saturated heterocycles. The summed E-state index contributed by atoms with van der Waals surface area (Å²) in [5.41, 5.74) is 6.38. The third-order valence-corrected chi connectivity index (χ3v) is 5.90. The predicted molar refractivity (Wildman–Crippen MR) is 76.3 cm³/mol. The van der Waals surface area contributed by atoms with Gasteiger partial charge in [-0.3, -0.25) is 0 Å². The van der Waals surface area contributed by atoms with Crippen LogP contribution in [0.25, 0.3) is 0 Å². The normalized spacial score (nSPS) is 13.8. The van der Waals surface area contributed by atoms with Crippen LogP contribution in [0.5, 0.6) is 0 Å². The van der Waals surface area contributed by atoms with Crippen LogP contribution in [0.4, 0.5) is 0 Å². The van der Waals surface area contributed by atoms with Crippen molar-refractivity contribution >= 4 is 21.4 Å². The summed E-state index contributed by atoms with van der Waals surface area (Å²) >= 11 is 1.41. The van der Waals surface area contributed by atoms with Crippen molar-refractivity contribution < 1.29 is 8.42 Å². The molecule has 1 aromatic rings. The second-order valence-electron chi connectivity index (χ2n) is 4.39. The Morgan fingerprint density at radius 3 is 2.61 bits per heavy atom. The minimum absolute atomic E-state index is 0.00456. The van der Waals surface area contributed by atoms with Gasteiger partial charge in [0.15, 0.2) is 0 Å². The Balaban J connectivity index is 3.02. The van der Waals surface area contributed by atoms with E-state index in [1.54, 1.807) is 0 Å². The fourth-order valence-corrected chi connectivity index (χ4v) is 5.02. The van der Waals surface area contributed by atoms with Gasteiger partial charge in [-0.05, 0) is 30.7 Å². The van der Waals surface area contributed by atoms with E-state index in [9.17, 15) is 8.42 Å². The summed E-state index contributed by atoms with van der Waals surface area (Å²) in [5, 5.41) is 1.84. The van der Waals surface area contributed by atoms with Crippen LogP contribution in [0.1, 0.15) is 43.6 Å². The fraction of sp³-hybridized carbons (Fsp3) is 0.667. The van der Waals surface area contributed by atoms with Gasteiger partial charge in [0.1, 0.15) is 4.90 Å². The van der Waals surface area contributed by atoms with Gasteiger partial charge in [-0.2, -0.15) is 0 Å². The third kappa shape index (κ3) is 3.54. The first-order valence-electron chi connectivity index (χ1n) is 6.25. The van der Waals surface area contributed by atoms with Crippen molar-refractivity contribution in [2.75, 3.05) is 0 Å². The van der Waals surface area contributed by atoms with E-state index in [-0.39, 0.29) is 12.6 Å². The van der Waals surface area contributed by atoms with E-state index in [1.807, 2.05) is 19.2 Å². The quantitative estimate of drug-likeness (QED) is 0.810. The Hall–Kier alpha value is -0.430. The second-order valence-corrected chi connectivity index (χ2v) is 7.01. The van der Waals surface area contributed by atoms with Crippen LogP contribution in [0.3, 0.4) is 0 Å². The molecule has 0 radical (unpaired) electrons. The SMILES string of the molecule is CCCC(CC)NS(=O)(=O)c1c(C)csc1CN. The Morgan fingerprint density at radius 2 is 2.11 bits per heavy atom. The Labute approximate surface area is 114 Å². The Bertz CT molecular complexity index is 480. The molecule has 18 heavy (non-hydrogen) atoms. The molecule has 1 aromatic heterocycles. The Kier molecular flexibility index (Phi) is 5.78. The van der Waals surface area contributed by atoms with E-state index >= 15 is 0 Å². The summed E-state index contributed by atoms with van der Waals surface area (Å²) in [6.45, 7) is 6.12. The number of nitrogens with one attached hydrogen (secondary N) is 1. The van der Waals surface area contributed by atoms with Crippen LogP contribution in [-0.4, -0.2) is 14.5 Å². The molecular formula is C12H22N2O2S2. The largest absolute Gasteiger partial charge is 0.326 e. The predicted octanol–water partition coefficient (Wildman–Crippen LogP) is 2.37. The number of nitrogens with two attached hydrogens (primary N) is 1. The molecule has 0 saturated carbocycles. The van der Waals surface area contributed by atoms with Gasteiger partial charge in [0, 0.05) is 17.5 Å². The highest BCUT2D eigenvalue weighted by atomic mass is 32.2. The smallest absolute Gasteiger partial charge is 0.242 e. The number of hydrogen-bond donors (Lipinski definition) is 2. The van der Waals surface area contributed by atoms with Crippen LogP contribution >= 0.6 is 11.3 Å². The molecule has 1 unspecified atom stereocenters. The molecule has 0 amide bonds. The highest BCUT2D eigenvalue weighted by Crippen LogP contribution is 2.26.